The molecular weight excluding hydrogens is 252 g/mol. The summed E-state index contributed by atoms with van der Waals surface area (Å²) in [5.41, 5.74) is 1.30. The van der Waals surface area contributed by atoms with Crippen molar-refractivity contribution in [1.82, 2.24) is 0 Å². The number of benzene rings is 1. The number of carbonyl (C=O) groups is 1. The van der Waals surface area contributed by atoms with Crippen LogP contribution in [-0.2, 0) is 4.79 Å². The lowest BCUT2D eigenvalue weighted by molar-refractivity contribution is -0.121. The van der Waals surface area contributed by atoms with Crippen LogP contribution in [0.4, 0.5) is 0 Å². The average molecular weight is 267 g/mol. The minimum absolute atomic E-state index is 0.415. The fourth-order valence-corrected chi connectivity index (χ4v) is 2.74. The van der Waals surface area contributed by atoms with Gasteiger partial charge in [0.2, 0.25) is 0 Å². The van der Waals surface area contributed by atoms with E-state index in [-0.39, 0.29) is 0 Å². The van der Waals surface area contributed by atoms with Crippen LogP contribution in [0.2, 0.25) is 0 Å². The Bertz CT molecular complexity index is 373. The maximum absolute atomic E-state index is 11.5. The van der Waals surface area contributed by atoms with Crippen LogP contribution in [0, 0.1) is 5.92 Å². The summed E-state index contributed by atoms with van der Waals surface area (Å²) in [7, 11) is 0. The smallest absolute Gasteiger partial charge is 0.133 e. The SMILES string of the molecule is CC1CCC(=O)CC1c1cccc(Br)c1. The van der Waals surface area contributed by atoms with Crippen molar-refractivity contribution < 1.29 is 4.79 Å². The zero-order chi connectivity index (χ0) is 10.8. The Morgan fingerprint density at radius 1 is 1.40 bits per heavy atom. The summed E-state index contributed by atoms with van der Waals surface area (Å²) in [5.74, 6) is 1.46. The number of rotatable bonds is 1. The first-order valence-corrected chi connectivity index (χ1v) is 6.23. The molecule has 0 spiro atoms. The lowest BCUT2D eigenvalue weighted by Crippen LogP contribution is -2.21. The molecule has 1 nitrogen and oxygen atoms in total. The zero-order valence-corrected chi connectivity index (χ0v) is 10.5. The molecule has 1 aliphatic rings. The zero-order valence-electron chi connectivity index (χ0n) is 8.87. The predicted octanol–water partition coefficient (Wildman–Crippen LogP) is 3.92. The number of carbonyl (C=O) groups excluding carboxylic acids is 1. The van der Waals surface area contributed by atoms with Crippen LogP contribution in [0.3, 0.4) is 0 Å². The van der Waals surface area contributed by atoms with E-state index in [0.717, 1.165) is 23.7 Å². The van der Waals surface area contributed by atoms with Crippen molar-refractivity contribution >= 4 is 21.7 Å². The van der Waals surface area contributed by atoms with Gasteiger partial charge in [-0.1, -0.05) is 35.0 Å². The van der Waals surface area contributed by atoms with Crippen molar-refractivity contribution in [2.45, 2.75) is 32.1 Å². The molecule has 2 rings (SSSR count). The summed E-state index contributed by atoms with van der Waals surface area (Å²) in [5, 5.41) is 0. The molecule has 0 N–H and O–H groups in total. The normalized spacial score (nSPS) is 26.7. The fourth-order valence-electron chi connectivity index (χ4n) is 2.32. The molecule has 1 aromatic carbocycles. The molecule has 0 heterocycles. The third kappa shape index (κ3) is 2.49. The van der Waals surface area contributed by atoms with Crippen molar-refractivity contribution in [2.24, 2.45) is 5.92 Å². The molecule has 1 aromatic rings. The molecule has 0 radical (unpaired) electrons. The van der Waals surface area contributed by atoms with Crippen LogP contribution < -0.4 is 0 Å². The Morgan fingerprint density at radius 2 is 2.20 bits per heavy atom. The van der Waals surface area contributed by atoms with Crippen LogP contribution in [0.15, 0.2) is 28.7 Å². The van der Waals surface area contributed by atoms with Crippen molar-refractivity contribution in [3.05, 3.63) is 34.3 Å². The topological polar surface area (TPSA) is 17.1 Å². The molecule has 0 aromatic heterocycles. The van der Waals surface area contributed by atoms with E-state index in [0.29, 0.717) is 17.6 Å². The summed E-state index contributed by atoms with van der Waals surface area (Å²) in [4.78, 5) is 11.5. The van der Waals surface area contributed by atoms with Gasteiger partial charge in [-0.25, -0.2) is 0 Å². The standard InChI is InChI=1S/C13H15BrO/c1-9-5-6-12(15)8-13(9)10-3-2-4-11(14)7-10/h2-4,7,9,13H,5-6,8H2,1H3. The van der Waals surface area contributed by atoms with E-state index in [2.05, 4.69) is 35.0 Å². The van der Waals surface area contributed by atoms with Gasteiger partial charge in [-0.05, 0) is 36.0 Å². The van der Waals surface area contributed by atoms with E-state index in [1.807, 2.05) is 12.1 Å². The van der Waals surface area contributed by atoms with E-state index in [4.69, 9.17) is 0 Å². The van der Waals surface area contributed by atoms with Gasteiger partial charge in [0.15, 0.2) is 0 Å². The lowest BCUT2D eigenvalue weighted by Gasteiger charge is -2.28. The number of Topliss-reactive ketones (excluding diaryl/α,β-unsaturated/α-hetero) is 1. The minimum atomic E-state index is 0.415. The highest BCUT2D eigenvalue weighted by atomic mass is 79.9. The predicted molar refractivity (Wildman–Crippen MR) is 64.9 cm³/mol. The number of ketones is 1. The molecular formula is C13H15BrO. The molecule has 15 heavy (non-hydrogen) atoms. The van der Waals surface area contributed by atoms with Gasteiger partial charge in [0.25, 0.3) is 0 Å². The highest BCUT2D eigenvalue weighted by Gasteiger charge is 2.27. The van der Waals surface area contributed by atoms with Crippen molar-refractivity contribution in [3.8, 4) is 0 Å². The molecule has 1 aliphatic carbocycles. The molecule has 2 heteroatoms. The number of halogens is 1. The van der Waals surface area contributed by atoms with Crippen LogP contribution in [0.25, 0.3) is 0 Å². The molecule has 2 unspecified atom stereocenters. The summed E-state index contributed by atoms with van der Waals surface area (Å²) < 4.78 is 1.10. The minimum Gasteiger partial charge on any atom is -0.300 e. The van der Waals surface area contributed by atoms with Crippen molar-refractivity contribution in [1.29, 1.82) is 0 Å². The van der Waals surface area contributed by atoms with Gasteiger partial charge in [-0.2, -0.15) is 0 Å². The Hall–Kier alpha value is -0.630. The van der Waals surface area contributed by atoms with Crippen LogP contribution in [-0.4, -0.2) is 5.78 Å². The van der Waals surface area contributed by atoms with E-state index in [1.54, 1.807) is 0 Å². The van der Waals surface area contributed by atoms with E-state index in [1.165, 1.54) is 5.56 Å². The molecule has 0 bridgehead atoms. The number of hydrogen-bond acceptors (Lipinski definition) is 1. The van der Waals surface area contributed by atoms with Gasteiger partial charge in [0.1, 0.15) is 5.78 Å². The maximum atomic E-state index is 11.5. The Labute approximate surface area is 99.0 Å². The molecule has 1 fully saturated rings. The molecule has 80 valence electrons. The number of hydrogen-bond donors (Lipinski definition) is 0. The molecule has 0 aliphatic heterocycles. The first-order valence-electron chi connectivity index (χ1n) is 5.44. The second-order valence-electron chi connectivity index (χ2n) is 4.42. The second kappa shape index (κ2) is 4.48. The van der Waals surface area contributed by atoms with Crippen LogP contribution in [0.5, 0.6) is 0 Å². The monoisotopic (exact) mass is 266 g/mol. The van der Waals surface area contributed by atoms with E-state index >= 15 is 0 Å². The highest BCUT2D eigenvalue weighted by Crippen LogP contribution is 2.36. The van der Waals surface area contributed by atoms with Gasteiger partial charge in [0, 0.05) is 17.3 Å². The third-order valence-corrected chi connectivity index (χ3v) is 3.78. The molecule has 0 amide bonds. The quantitative estimate of drug-likeness (QED) is 0.753. The fraction of sp³-hybridized carbons (Fsp3) is 0.462. The summed E-state index contributed by atoms with van der Waals surface area (Å²) in [6, 6.07) is 8.34. The Morgan fingerprint density at radius 3 is 2.93 bits per heavy atom. The molecule has 1 saturated carbocycles. The van der Waals surface area contributed by atoms with Gasteiger partial charge in [0.05, 0.1) is 0 Å². The van der Waals surface area contributed by atoms with Crippen LogP contribution in [0.1, 0.15) is 37.7 Å². The van der Waals surface area contributed by atoms with Crippen molar-refractivity contribution in [3.63, 3.8) is 0 Å². The van der Waals surface area contributed by atoms with Gasteiger partial charge >= 0.3 is 0 Å². The summed E-state index contributed by atoms with van der Waals surface area (Å²) in [6.45, 7) is 2.25. The van der Waals surface area contributed by atoms with Gasteiger partial charge in [-0.3, -0.25) is 4.79 Å². The first kappa shape index (κ1) is 10.9. The summed E-state index contributed by atoms with van der Waals surface area (Å²) in [6.07, 6.45) is 2.53. The van der Waals surface area contributed by atoms with Crippen LogP contribution >= 0.6 is 15.9 Å². The van der Waals surface area contributed by atoms with Gasteiger partial charge in [-0.15, -0.1) is 0 Å². The van der Waals surface area contributed by atoms with E-state index < -0.39 is 0 Å². The Balaban J connectivity index is 2.24. The average Bonchev–Trinajstić information content (AvgIpc) is 2.22. The second-order valence-corrected chi connectivity index (χ2v) is 5.34. The lowest BCUT2D eigenvalue weighted by atomic mass is 9.76. The maximum Gasteiger partial charge on any atom is 0.133 e. The third-order valence-electron chi connectivity index (χ3n) is 3.29. The van der Waals surface area contributed by atoms with Crippen molar-refractivity contribution in [2.75, 3.05) is 0 Å². The molecule has 2 atom stereocenters. The Kier molecular flexibility index (Phi) is 3.25. The van der Waals surface area contributed by atoms with Gasteiger partial charge < -0.3 is 0 Å². The van der Waals surface area contributed by atoms with E-state index in [9.17, 15) is 4.79 Å². The summed E-state index contributed by atoms with van der Waals surface area (Å²) >= 11 is 3.48. The largest absolute Gasteiger partial charge is 0.300 e. The highest BCUT2D eigenvalue weighted by molar-refractivity contribution is 9.10. The molecule has 0 saturated heterocycles. The first-order chi connectivity index (χ1) is 7.16.